The average molecular weight is 238 g/mol. The van der Waals surface area contributed by atoms with Gasteiger partial charge in [0.15, 0.2) is 0 Å². The quantitative estimate of drug-likeness (QED) is 0.891. The van der Waals surface area contributed by atoms with E-state index < -0.39 is 0 Å². The Morgan fingerprint density at radius 3 is 2.61 bits per heavy atom. The molecule has 1 N–H and O–H groups in total. The van der Waals surface area contributed by atoms with Crippen LogP contribution in [0.5, 0.6) is 5.75 Å². The van der Waals surface area contributed by atoms with Gasteiger partial charge in [-0.15, -0.1) is 0 Å². The van der Waals surface area contributed by atoms with Crippen LogP contribution in [-0.2, 0) is 0 Å². The molecule has 0 saturated carbocycles. The van der Waals surface area contributed by atoms with Gasteiger partial charge in [0.2, 0.25) is 0 Å². The van der Waals surface area contributed by atoms with E-state index in [9.17, 15) is 5.11 Å². The number of benzene rings is 2. The van der Waals surface area contributed by atoms with Crippen LogP contribution in [0.15, 0.2) is 48.5 Å². The van der Waals surface area contributed by atoms with Crippen molar-refractivity contribution in [1.82, 2.24) is 0 Å². The fourth-order valence-electron chi connectivity index (χ4n) is 1.96. The van der Waals surface area contributed by atoms with Gasteiger partial charge in [-0.25, -0.2) is 0 Å². The first-order valence-electron chi connectivity index (χ1n) is 5.82. The van der Waals surface area contributed by atoms with Crippen LogP contribution in [0.1, 0.15) is 12.5 Å². The van der Waals surface area contributed by atoms with Gasteiger partial charge in [0.25, 0.3) is 0 Å². The first-order chi connectivity index (χ1) is 8.76. The molecule has 0 amide bonds. The van der Waals surface area contributed by atoms with E-state index in [0.717, 1.165) is 17.9 Å². The summed E-state index contributed by atoms with van der Waals surface area (Å²) in [5, 5.41) is 18.7. The SMILES string of the molecule is CCN(c1cccc(O)c1)c1ccccc1C#N. The average Bonchev–Trinajstić information content (AvgIpc) is 2.40. The Balaban J connectivity index is 2.49. The van der Waals surface area contributed by atoms with Crippen LogP contribution < -0.4 is 4.90 Å². The maximum Gasteiger partial charge on any atom is 0.117 e. The van der Waals surface area contributed by atoms with Gasteiger partial charge in [-0.3, -0.25) is 0 Å². The Morgan fingerprint density at radius 1 is 1.17 bits per heavy atom. The Bertz CT molecular complexity index is 587. The molecule has 0 aliphatic carbocycles. The van der Waals surface area contributed by atoms with E-state index in [1.54, 1.807) is 24.3 Å². The zero-order valence-electron chi connectivity index (χ0n) is 10.2. The van der Waals surface area contributed by atoms with Crippen LogP contribution >= 0.6 is 0 Å². The van der Waals surface area contributed by atoms with Crippen LogP contribution in [0, 0.1) is 11.3 Å². The van der Waals surface area contributed by atoms with Crippen LogP contribution in [0.4, 0.5) is 11.4 Å². The van der Waals surface area contributed by atoms with Gasteiger partial charge < -0.3 is 10.0 Å². The monoisotopic (exact) mass is 238 g/mol. The molecule has 0 fully saturated rings. The van der Waals surface area contributed by atoms with Gasteiger partial charge in [-0.1, -0.05) is 18.2 Å². The summed E-state index contributed by atoms with van der Waals surface area (Å²) in [5.41, 5.74) is 2.36. The third-order valence-electron chi connectivity index (χ3n) is 2.77. The van der Waals surface area contributed by atoms with Crippen molar-refractivity contribution in [3.8, 4) is 11.8 Å². The molecule has 18 heavy (non-hydrogen) atoms. The first-order valence-corrected chi connectivity index (χ1v) is 5.82. The molecule has 0 bridgehead atoms. The first kappa shape index (κ1) is 12.0. The fourth-order valence-corrected chi connectivity index (χ4v) is 1.96. The van der Waals surface area contributed by atoms with Crippen molar-refractivity contribution in [3.05, 3.63) is 54.1 Å². The number of anilines is 2. The highest BCUT2D eigenvalue weighted by Crippen LogP contribution is 2.29. The second-order valence-corrected chi connectivity index (χ2v) is 3.89. The molecule has 0 spiro atoms. The van der Waals surface area contributed by atoms with Gasteiger partial charge in [0.05, 0.1) is 11.3 Å². The molecule has 0 saturated heterocycles. The highest BCUT2D eigenvalue weighted by Gasteiger charge is 2.11. The molecule has 2 rings (SSSR count). The minimum atomic E-state index is 0.223. The van der Waals surface area contributed by atoms with Crippen molar-refractivity contribution in [3.63, 3.8) is 0 Å². The minimum Gasteiger partial charge on any atom is -0.508 e. The van der Waals surface area contributed by atoms with E-state index in [1.807, 2.05) is 36.1 Å². The zero-order chi connectivity index (χ0) is 13.0. The summed E-state index contributed by atoms with van der Waals surface area (Å²) in [7, 11) is 0. The molecule has 0 radical (unpaired) electrons. The van der Waals surface area contributed by atoms with E-state index in [2.05, 4.69) is 6.07 Å². The lowest BCUT2D eigenvalue weighted by atomic mass is 10.1. The predicted molar refractivity (Wildman–Crippen MR) is 71.9 cm³/mol. The summed E-state index contributed by atoms with van der Waals surface area (Å²) in [6, 6.07) is 16.7. The van der Waals surface area contributed by atoms with Gasteiger partial charge in [-0.05, 0) is 31.2 Å². The normalized spacial score (nSPS) is 9.78. The molecule has 2 aromatic rings. The summed E-state index contributed by atoms with van der Waals surface area (Å²) in [6.07, 6.45) is 0. The van der Waals surface area contributed by atoms with Crippen molar-refractivity contribution >= 4 is 11.4 Å². The van der Waals surface area contributed by atoms with Crippen molar-refractivity contribution < 1.29 is 5.11 Å². The number of phenolic OH excluding ortho intramolecular Hbond substituents is 1. The van der Waals surface area contributed by atoms with E-state index in [0.29, 0.717) is 5.56 Å². The second kappa shape index (κ2) is 5.24. The maximum atomic E-state index is 9.54. The van der Waals surface area contributed by atoms with E-state index >= 15 is 0 Å². The van der Waals surface area contributed by atoms with Gasteiger partial charge >= 0.3 is 0 Å². The molecule has 0 aliphatic heterocycles. The van der Waals surface area contributed by atoms with E-state index in [1.165, 1.54) is 0 Å². The van der Waals surface area contributed by atoms with Crippen LogP contribution in [0.3, 0.4) is 0 Å². The van der Waals surface area contributed by atoms with Crippen molar-refractivity contribution in [2.45, 2.75) is 6.92 Å². The second-order valence-electron chi connectivity index (χ2n) is 3.89. The third kappa shape index (κ3) is 2.28. The number of rotatable bonds is 3. The highest BCUT2D eigenvalue weighted by molar-refractivity contribution is 5.69. The Morgan fingerprint density at radius 2 is 1.94 bits per heavy atom. The molecule has 90 valence electrons. The number of hydrogen-bond acceptors (Lipinski definition) is 3. The van der Waals surface area contributed by atoms with Crippen molar-refractivity contribution in [1.29, 1.82) is 5.26 Å². The van der Waals surface area contributed by atoms with Crippen LogP contribution in [-0.4, -0.2) is 11.7 Å². The predicted octanol–water partition coefficient (Wildman–Crippen LogP) is 3.42. The summed E-state index contributed by atoms with van der Waals surface area (Å²) in [5.74, 6) is 0.223. The molecule has 0 aliphatic rings. The third-order valence-corrected chi connectivity index (χ3v) is 2.77. The van der Waals surface area contributed by atoms with Crippen LogP contribution in [0.25, 0.3) is 0 Å². The molecule has 0 atom stereocenters. The number of nitriles is 1. The lowest BCUT2D eigenvalue weighted by molar-refractivity contribution is 0.475. The molecule has 3 nitrogen and oxygen atoms in total. The molecule has 2 aromatic carbocycles. The standard InChI is InChI=1S/C15H14N2O/c1-2-17(13-7-5-8-14(18)10-13)15-9-4-3-6-12(15)11-16/h3-10,18H,2H2,1H3. The van der Waals surface area contributed by atoms with Crippen molar-refractivity contribution in [2.24, 2.45) is 0 Å². The van der Waals surface area contributed by atoms with Crippen molar-refractivity contribution in [2.75, 3.05) is 11.4 Å². The summed E-state index contributed by atoms with van der Waals surface area (Å²) >= 11 is 0. The Labute approximate surface area is 107 Å². The fraction of sp³-hybridized carbons (Fsp3) is 0.133. The summed E-state index contributed by atoms with van der Waals surface area (Å²) < 4.78 is 0. The lowest BCUT2D eigenvalue weighted by Crippen LogP contribution is -2.16. The molecule has 0 aromatic heterocycles. The number of hydrogen-bond donors (Lipinski definition) is 1. The Kier molecular flexibility index (Phi) is 3.49. The Hall–Kier alpha value is -2.47. The molecular formula is C15H14N2O. The smallest absolute Gasteiger partial charge is 0.117 e. The van der Waals surface area contributed by atoms with Gasteiger partial charge in [-0.2, -0.15) is 5.26 Å². The van der Waals surface area contributed by atoms with Gasteiger partial charge in [0, 0.05) is 18.3 Å². The lowest BCUT2D eigenvalue weighted by Gasteiger charge is -2.24. The molecule has 0 unspecified atom stereocenters. The summed E-state index contributed by atoms with van der Waals surface area (Å²) in [6.45, 7) is 2.74. The molecule has 3 heteroatoms. The zero-order valence-corrected chi connectivity index (χ0v) is 10.2. The molecule has 0 heterocycles. The van der Waals surface area contributed by atoms with Gasteiger partial charge in [0.1, 0.15) is 11.8 Å². The largest absolute Gasteiger partial charge is 0.508 e. The van der Waals surface area contributed by atoms with Crippen LogP contribution in [0.2, 0.25) is 0 Å². The number of para-hydroxylation sites is 1. The minimum absolute atomic E-state index is 0.223. The van der Waals surface area contributed by atoms with E-state index in [4.69, 9.17) is 5.26 Å². The number of aromatic hydroxyl groups is 1. The highest BCUT2D eigenvalue weighted by atomic mass is 16.3. The van der Waals surface area contributed by atoms with E-state index in [-0.39, 0.29) is 5.75 Å². The number of phenols is 1. The number of nitrogens with zero attached hydrogens (tertiary/aromatic N) is 2. The molecular weight excluding hydrogens is 224 g/mol. The maximum absolute atomic E-state index is 9.54. The topological polar surface area (TPSA) is 47.3 Å². The summed E-state index contributed by atoms with van der Waals surface area (Å²) in [4.78, 5) is 2.00.